The molecule has 8 heteroatoms. The van der Waals surface area contributed by atoms with Gasteiger partial charge in [-0.1, -0.05) is 13.8 Å². The van der Waals surface area contributed by atoms with Crippen molar-refractivity contribution in [1.29, 1.82) is 0 Å². The van der Waals surface area contributed by atoms with Crippen LogP contribution in [0, 0.1) is 0 Å². The largest absolute Gasteiger partial charge is 0.433 e. The third-order valence-electron chi connectivity index (χ3n) is 3.46. The SMILES string of the molecule is CCc1nn(C)c(NC(=O)c2ccc(C(F)(F)F)nc2)c1CC. The van der Waals surface area contributed by atoms with Crippen molar-refractivity contribution in [1.82, 2.24) is 14.8 Å². The van der Waals surface area contributed by atoms with Crippen molar-refractivity contribution in [3.05, 3.63) is 40.8 Å². The predicted octanol–water partition coefficient (Wildman–Crippen LogP) is 3.21. The van der Waals surface area contributed by atoms with Crippen LogP contribution < -0.4 is 5.32 Å². The zero-order valence-corrected chi connectivity index (χ0v) is 13.0. The normalized spacial score (nSPS) is 11.6. The van der Waals surface area contributed by atoms with Gasteiger partial charge in [-0.3, -0.25) is 14.5 Å². The fourth-order valence-corrected chi connectivity index (χ4v) is 2.31. The number of aryl methyl sites for hydroxylation is 2. The Morgan fingerprint density at radius 3 is 2.43 bits per heavy atom. The summed E-state index contributed by atoms with van der Waals surface area (Å²) in [6, 6.07) is 1.89. The van der Waals surface area contributed by atoms with Crippen molar-refractivity contribution in [2.75, 3.05) is 5.32 Å². The van der Waals surface area contributed by atoms with Gasteiger partial charge in [-0.25, -0.2) is 0 Å². The van der Waals surface area contributed by atoms with E-state index in [1.165, 1.54) is 0 Å². The van der Waals surface area contributed by atoms with Crippen LogP contribution >= 0.6 is 0 Å². The van der Waals surface area contributed by atoms with Gasteiger partial charge in [0, 0.05) is 18.8 Å². The van der Waals surface area contributed by atoms with E-state index in [2.05, 4.69) is 15.4 Å². The number of nitrogens with zero attached hydrogens (tertiary/aromatic N) is 3. The quantitative estimate of drug-likeness (QED) is 0.938. The van der Waals surface area contributed by atoms with Gasteiger partial charge in [-0.05, 0) is 25.0 Å². The lowest BCUT2D eigenvalue weighted by Gasteiger charge is -2.09. The number of carbonyl (C=O) groups excluding carboxylic acids is 1. The van der Waals surface area contributed by atoms with Crippen LogP contribution in [-0.4, -0.2) is 20.7 Å². The molecule has 2 aromatic heterocycles. The second-order valence-corrected chi connectivity index (χ2v) is 4.99. The molecule has 2 aromatic rings. The highest BCUT2D eigenvalue weighted by atomic mass is 19.4. The smallest absolute Gasteiger partial charge is 0.306 e. The van der Waals surface area contributed by atoms with E-state index in [1.54, 1.807) is 11.7 Å². The summed E-state index contributed by atoms with van der Waals surface area (Å²) in [4.78, 5) is 15.5. The molecule has 0 aliphatic heterocycles. The van der Waals surface area contributed by atoms with Crippen molar-refractivity contribution >= 4 is 11.7 Å². The molecule has 5 nitrogen and oxygen atoms in total. The summed E-state index contributed by atoms with van der Waals surface area (Å²) < 4.78 is 39.0. The fraction of sp³-hybridized carbons (Fsp3) is 0.400. The number of carbonyl (C=O) groups is 1. The molecule has 124 valence electrons. The number of anilines is 1. The number of rotatable bonds is 4. The molecule has 2 rings (SSSR count). The number of pyridine rings is 1. The van der Waals surface area contributed by atoms with Crippen molar-refractivity contribution in [3.63, 3.8) is 0 Å². The van der Waals surface area contributed by atoms with Gasteiger partial charge in [0.05, 0.1) is 11.3 Å². The second-order valence-electron chi connectivity index (χ2n) is 4.99. The Labute approximate surface area is 131 Å². The van der Waals surface area contributed by atoms with Gasteiger partial charge in [0.25, 0.3) is 5.91 Å². The van der Waals surface area contributed by atoms with Crippen LogP contribution in [-0.2, 0) is 26.1 Å². The van der Waals surface area contributed by atoms with Gasteiger partial charge in [-0.15, -0.1) is 0 Å². The van der Waals surface area contributed by atoms with Gasteiger partial charge in [0.1, 0.15) is 11.5 Å². The average Bonchev–Trinajstić information content (AvgIpc) is 2.82. The number of hydrogen-bond acceptors (Lipinski definition) is 3. The maximum Gasteiger partial charge on any atom is 0.433 e. The molecule has 0 bridgehead atoms. The van der Waals surface area contributed by atoms with Gasteiger partial charge in [0.15, 0.2) is 0 Å². The van der Waals surface area contributed by atoms with Crippen LogP contribution in [0.25, 0.3) is 0 Å². The Bertz CT molecular complexity index is 705. The van der Waals surface area contributed by atoms with Crippen LogP contribution in [0.15, 0.2) is 18.3 Å². The molecule has 0 spiro atoms. The summed E-state index contributed by atoms with van der Waals surface area (Å²) in [7, 11) is 1.71. The minimum absolute atomic E-state index is 0.0549. The molecule has 0 fully saturated rings. The maximum absolute atomic E-state index is 12.5. The summed E-state index contributed by atoms with van der Waals surface area (Å²) in [5.41, 5.74) is 0.829. The van der Waals surface area contributed by atoms with Crippen molar-refractivity contribution in [2.45, 2.75) is 32.9 Å². The summed E-state index contributed by atoms with van der Waals surface area (Å²) in [5.74, 6) is 0.0285. The summed E-state index contributed by atoms with van der Waals surface area (Å²) >= 11 is 0. The van der Waals surface area contributed by atoms with Crippen molar-refractivity contribution in [3.8, 4) is 0 Å². The number of alkyl halides is 3. The van der Waals surface area contributed by atoms with Crippen LogP contribution in [0.3, 0.4) is 0 Å². The standard InChI is InChI=1S/C15H17F3N4O/c1-4-10-11(5-2)21-22(3)13(10)20-14(23)9-6-7-12(19-8-9)15(16,17)18/h6-8H,4-5H2,1-3H3,(H,20,23). The number of hydrogen-bond donors (Lipinski definition) is 1. The van der Waals surface area contributed by atoms with Gasteiger partial charge in [-0.2, -0.15) is 18.3 Å². The molecule has 0 aliphatic carbocycles. The first-order valence-corrected chi connectivity index (χ1v) is 7.17. The van der Waals surface area contributed by atoms with E-state index >= 15 is 0 Å². The average molecular weight is 326 g/mol. The van der Waals surface area contributed by atoms with Crippen LogP contribution in [0.2, 0.25) is 0 Å². The van der Waals surface area contributed by atoms with Gasteiger partial charge in [0.2, 0.25) is 0 Å². The van der Waals surface area contributed by atoms with Crippen LogP contribution in [0.1, 0.15) is 41.2 Å². The van der Waals surface area contributed by atoms with E-state index in [1.807, 2.05) is 13.8 Å². The van der Waals surface area contributed by atoms with E-state index in [0.717, 1.165) is 36.0 Å². The van der Waals surface area contributed by atoms with E-state index in [-0.39, 0.29) is 5.56 Å². The van der Waals surface area contributed by atoms with E-state index in [4.69, 9.17) is 0 Å². The van der Waals surface area contributed by atoms with Crippen molar-refractivity contribution < 1.29 is 18.0 Å². The van der Waals surface area contributed by atoms with Crippen molar-refractivity contribution in [2.24, 2.45) is 7.05 Å². The van der Waals surface area contributed by atoms with Gasteiger partial charge >= 0.3 is 6.18 Å². The summed E-state index contributed by atoms with van der Waals surface area (Å²) in [6.45, 7) is 3.92. The maximum atomic E-state index is 12.5. The Kier molecular flexibility index (Phi) is 4.72. The van der Waals surface area contributed by atoms with E-state index < -0.39 is 17.8 Å². The zero-order chi connectivity index (χ0) is 17.2. The lowest BCUT2D eigenvalue weighted by Crippen LogP contribution is -2.17. The molecular weight excluding hydrogens is 309 g/mol. The molecule has 0 saturated heterocycles. The monoisotopic (exact) mass is 326 g/mol. The summed E-state index contributed by atoms with van der Waals surface area (Å²) in [6.07, 6.45) is -2.18. The topological polar surface area (TPSA) is 59.8 Å². The molecule has 0 aromatic carbocycles. The predicted molar refractivity (Wildman–Crippen MR) is 79.2 cm³/mol. The molecule has 1 N–H and O–H groups in total. The molecule has 23 heavy (non-hydrogen) atoms. The first kappa shape index (κ1) is 17.0. The Morgan fingerprint density at radius 1 is 1.26 bits per heavy atom. The highest BCUT2D eigenvalue weighted by Gasteiger charge is 2.32. The van der Waals surface area contributed by atoms with E-state index in [9.17, 15) is 18.0 Å². The number of amides is 1. The van der Waals surface area contributed by atoms with Gasteiger partial charge < -0.3 is 5.32 Å². The summed E-state index contributed by atoms with van der Waals surface area (Å²) in [5, 5.41) is 7.03. The third kappa shape index (κ3) is 3.52. The molecule has 0 aliphatic rings. The molecule has 2 heterocycles. The van der Waals surface area contributed by atoms with Crippen LogP contribution in [0.5, 0.6) is 0 Å². The number of nitrogens with one attached hydrogen (secondary N) is 1. The Hall–Kier alpha value is -2.38. The minimum atomic E-state index is -4.53. The molecular formula is C15H17F3N4O. The third-order valence-corrected chi connectivity index (χ3v) is 3.46. The molecule has 0 atom stereocenters. The Morgan fingerprint density at radius 2 is 1.96 bits per heavy atom. The molecule has 0 radical (unpaired) electrons. The second kappa shape index (κ2) is 6.39. The Balaban J connectivity index is 2.24. The minimum Gasteiger partial charge on any atom is -0.306 e. The van der Waals surface area contributed by atoms with Crippen LogP contribution in [0.4, 0.5) is 19.0 Å². The molecule has 0 unspecified atom stereocenters. The lowest BCUT2D eigenvalue weighted by molar-refractivity contribution is -0.141. The highest BCUT2D eigenvalue weighted by molar-refractivity contribution is 6.04. The first-order valence-electron chi connectivity index (χ1n) is 7.17. The molecule has 0 saturated carbocycles. The first-order chi connectivity index (χ1) is 10.8. The van der Waals surface area contributed by atoms with E-state index in [0.29, 0.717) is 12.2 Å². The number of halogens is 3. The molecule has 1 amide bonds. The lowest BCUT2D eigenvalue weighted by atomic mass is 10.1. The number of aromatic nitrogens is 3. The zero-order valence-electron chi connectivity index (χ0n) is 13.0. The highest BCUT2D eigenvalue weighted by Crippen LogP contribution is 2.27. The fourth-order valence-electron chi connectivity index (χ4n) is 2.31.